The van der Waals surface area contributed by atoms with E-state index in [1.807, 2.05) is 18.2 Å². The minimum atomic E-state index is 0.274. The van der Waals surface area contributed by atoms with Crippen molar-refractivity contribution in [3.63, 3.8) is 0 Å². The average Bonchev–Trinajstić information content (AvgIpc) is 3.13. The van der Waals surface area contributed by atoms with Crippen LogP contribution in [0.15, 0.2) is 18.2 Å². The lowest BCUT2D eigenvalue weighted by Crippen LogP contribution is -2.04. The first-order chi connectivity index (χ1) is 7.92. The number of hydrogen-bond acceptors (Lipinski definition) is 4. The van der Waals surface area contributed by atoms with E-state index in [1.165, 1.54) is 0 Å². The second-order valence-electron chi connectivity index (χ2n) is 3.93. The first-order valence-electron chi connectivity index (χ1n) is 5.56. The van der Waals surface area contributed by atoms with Crippen LogP contribution in [0.4, 0.5) is 0 Å². The highest BCUT2D eigenvalue weighted by Gasteiger charge is 2.23. The van der Waals surface area contributed by atoms with Gasteiger partial charge < -0.3 is 18.9 Å². The molecule has 0 radical (unpaired) electrons. The Labute approximate surface area is 94.1 Å². The summed E-state index contributed by atoms with van der Waals surface area (Å²) in [7, 11) is 0. The van der Waals surface area contributed by atoms with Crippen molar-refractivity contribution < 1.29 is 18.9 Å². The minimum Gasteiger partial charge on any atom is -0.491 e. The molecular formula is C12H14O4. The van der Waals surface area contributed by atoms with Gasteiger partial charge in [0.2, 0.25) is 0 Å². The summed E-state index contributed by atoms with van der Waals surface area (Å²) in [6.07, 6.45) is 1.19. The number of hydrogen-bond donors (Lipinski definition) is 0. The molecule has 0 aromatic heterocycles. The molecule has 86 valence electrons. The quantitative estimate of drug-likeness (QED) is 0.729. The fourth-order valence-corrected chi connectivity index (χ4v) is 1.59. The summed E-state index contributed by atoms with van der Waals surface area (Å²) in [4.78, 5) is 0. The van der Waals surface area contributed by atoms with Crippen molar-refractivity contribution in [1.82, 2.24) is 0 Å². The van der Waals surface area contributed by atoms with Gasteiger partial charge in [-0.3, -0.25) is 0 Å². The highest BCUT2D eigenvalue weighted by Crippen LogP contribution is 2.33. The van der Waals surface area contributed by atoms with Crippen LogP contribution < -0.4 is 14.2 Å². The number of epoxide rings is 1. The molecule has 0 bridgehead atoms. The summed E-state index contributed by atoms with van der Waals surface area (Å²) in [6.45, 7) is 2.83. The van der Waals surface area contributed by atoms with Crippen LogP contribution in [0.3, 0.4) is 0 Å². The Morgan fingerprint density at radius 1 is 1.19 bits per heavy atom. The van der Waals surface area contributed by atoms with Crippen LogP contribution in [0.1, 0.15) is 6.42 Å². The predicted octanol–water partition coefficient (Wildman–Crippen LogP) is 1.63. The Bertz CT molecular complexity index is 373. The zero-order valence-corrected chi connectivity index (χ0v) is 8.98. The third kappa shape index (κ3) is 2.22. The number of fused-ring (bicyclic) bond motifs is 1. The maximum Gasteiger partial charge on any atom is 0.164 e. The van der Waals surface area contributed by atoms with E-state index in [1.54, 1.807) is 0 Å². The number of benzene rings is 1. The molecule has 4 nitrogen and oxygen atoms in total. The van der Waals surface area contributed by atoms with E-state index >= 15 is 0 Å². The van der Waals surface area contributed by atoms with Crippen molar-refractivity contribution in [2.24, 2.45) is 0 Å². The lowest BCUT2D eigenvalue weighted by molar-refractivity contribution is 0.260. The molecule has 2 heterocycles. The fourth-order valence-electron chi connectivity index (χ4n) is 1.59. The van der Waals surface area contributed by atoms with E-state index in [9.17, 15) is 0 Å². The Hall–Kier alpha value is -1.42. The van der Waals surface area contributed by atoms with Gasteiger partial charge in [-0.15, -0.1) is 0 Å². The molecule has 1 aromatic carbocycles. The highest BCUT2D eigenvalue weighted by atomic mass is 16.6. The van der Waals surface area contributed by atoms with Gasteiger partial charge in [0.05, 0.1) is 19.8 Å². The summed E-state index contributed by atoms with van der Waals surface area (Å²) in [5.74, 6) is 2.37. The van der Waals surface area contributed by atoms with Gasteiger partial charge in [0.25, 0.3) is 0 Å². The molecule has 4 heteroatoms. The van der Waals surface area contributed by atoms with E-state index in [2.05, 4.69) is 0 Å². The van der Waals surface area contributed by atoms with Crippen LogP contribution in [-0.2, 0) is 4.74 Å². The van der Waals surface area contributed by atoms with Gasteiger partial charge in [-0.25, -0.2) is 0 Å². The number of rotatable bonds is 3. The van der Waals surface area contributed by atoms with Gasteiger partial charge in [0, 0.05) is 12.5 Å². The molecule has 2 aliphatic heterocycles. The first kappa shape index (κ1) is 9.78. The average molecular weight is 222 g/mol. The molecule has 1 fully saturated rings. The van der Waals surface area contributed by atoms with Crippen molar-refractivity contribution in [1.29, 1.82) is 0 Å². The molecule has 1 unspecified atom stereocenters. The Balaban J connectivity index is 1.71. The van der Waals surface area contributed by atoms with Gasteiger partial charge in [-0.1, -0.05) is 0 Å². The third-order valence-electron chi connectivity index (χ3n) is 2.56. The standard InChI is InChI=1S/C12H14O4/c1-4-13-11-3-2-9(6-12(11)14-5-1)15-7-10-8-16-10/h2-3,6,10H,1,4-5,7-8H2. The van der Waals surface area contributed by atoms with Crippen LogP contribution in [-0.4, -0.2) is 32.5 Å². The van der Waals surface area contributed by atoms with Crippen molar-refractivity contribution in [2.75, 3.05) is 26.4 Å². The SMILES string of the molecule is c1cc2c(cc1OCC1CO1)OCCCO2. The largest absolute Gasteiger partial charge is 0.491 e. The normalized spacial score (nSPS) is 22.4. The highest BCUT2D eigenvalue weighted by molar-refractivity contribution is 5.45. The molecule has 0 N–H and O–H groups in total. The molecular weight excluding hydrogens is 208 g/mol. The molecule has 2 aliphatic rings. The molecule has 1 aromatic rings. The summed E-state index contributed by atoms with van der Waals surface area (Å²) in [6, 6.07) is 5.67. The van der Waals surface area contributed by atoms with Gasteiger partial charge in [-0.2, -0.15) is 0 Å². The van der Waals surface area contributed by atoms with Crippen LogP contribution in [0.25, 0.3) is 0 Å². The maximum absolute atomic E-state index is 5.58. The zero-order valence-electron chi connectivity index (χ0n) is 8.98. The fraction of sp³-hybridized carbons (Fsp3) is 0.500. The Morgan fingerprint density at radius 2 is 2.00 bits per heavy atom. The van der Waals surface area contributed by atoms with Gasteiger partial charge in [-0.05, 0) is 12.1 Å². The molecule has 0 amide bonds. The molecule has 0 saturated carbocycles. The smallest absolute Gasteiger partial charge is 0.164 e. The molecule has 0 aliphatic carbocycles. The lowest BCUT2D eigenvalue weighted by atomic mass is 10.3. The zero-order chi connectivity index (χ0) is 10.8. The van der Waals surface area contributed by atoms with E-state index in [-0.39, 0.29) is 6.10 Å². The van der Waals surface area contributed by atoms with Gasteiger partial charge in [0.1, 0.15) is 18.5 Å². The minimum absolute atomic E-state index is 0.274. The monoisotopic (exact) mass is 222 g/mol. The lowest BCUT2D eigenvalue weighted by Gasteiger charge is -2.09. The van der Waals surface area contributed by atoms with Crippen LogP contribution >= 0.6 is 0 Å². The molecule has 3 rings (SSSR count). The van der Waals surface area contributed by atoms with Crippen LogP contribution in [0, 0.1) is 0 Å². The van der Waals surface area contributed by atoms with E-state index < -0.39 is 0 Å². The van der Waals surface area contributed by atoms with E-state index in [4.69, 9.17) is 18.9 Å². The molecule has 0 spiro atoms. The predicted molar refractivity (Wildman–Crippen MR) is 57.3 cm³/mol. The van der Waals surface area contributed by atoms with Crippen LogP contribution in [0.5, 0.6) is 17.2 Å². The third-order valence-corrected chi connectivity index (χ3v) is 2.56. The van der Waals surface area contributed by atoms with Gasteiger partial charge >= 0.3 is 0 Å². The summed E-state index contributed by atoms with van der Waals surface area (Å²) < 4.78 is 21.8. The summed E-state index contributed by atoms with van der Waals surface area (Å²) in [5, 5.41) is 0. The Morgan fingerprint density at radius 3 is 2.81 bits per heavy atom. The Kier molecular flexibility index (Phi) is 2.58. The van der Waals surface area contributed by atoms with Crippen molar-refractivity contribution in [2.45, 2.75) is 12.5 Å². The second kappa shape index (κ2) is 4.22. The summed E-state index contributed by atoms with van der Waals surface area (Å²) in [5.41, 5.74) is 0. The second-order valence-corrected chi connectivity index (χ2v) is 3.93. The first-order valence-corrected chi connectivity index (χ1v) is 5.56. The van der Waals surface area contributed by atoms with Gasteiger partial charge in [0.15, 0.2) is 11.5 Å². The number of ether oxygens (including phenoxy) is 4. The molecule has 1 saturated heterocycles. The van der Waals surface area contributed by atoms with E-state index in [0.717, 1.165) is 30.3 Å². The molecule has 1 atom stereocenters. The van der Waals surface area contributed by atoms with Crippen molar-refractivity contribution >= 4 is 0 Å². The summed E-state index contributed by atoms with van der Waals surface area (Å²) >= 11 is 0. The van der Waals surface area contributed by atoms with Crippen molar-refractivity contribution in [3.05, 3.63) is 18.2 Å². The molecule has 16 heavy (non-hydrogen) atoms. The van der Waals surface area contributed by atoms with Crippen LogP contribution in [0.2, 0.25) is 0 Å². The van der Waals surface area contributed by atoms with Crippen molar-refractivity contribution in [3.8, 4) is 17.2 Å². The van der Waals surface area contributed by atoms with E-state index in [0.29, 0.717) is 19.8 Å². The topological polar surface area (TPSA) is 40.2 Å². The maximum atomic E-state index is 5.58.